The summed E-state index contributed by atoms with van der Waals surface area (Å²) in [6.07, 6.45) is -3.27. The van der Waals surface area contributed by atoms with Crippen LogP contribution in [0.5, 0.6) is 5.88 Å². The lowest BCUT2D eigenvalue weighted by Gasteiger charge is -2.33. The van der Waals surface area contributed by atoms with Crippen LogP contribution in [0.1, 0.15) is 54.6 Å². The van der Waals surface area contributed by atoms with E-state index in [2.05, 4.69) is 19.9 Å². The highest BCUT2D eigenvalue weighted by Crippen LogP contribution is 2.41. The maximum Gasteiger partial charge on any atom is 0.449 e. The lowest BCUT2D eigenvalue weighted by atomic mass is 9.88. The first-order chi connectivity index (χ1) is 19.0. The number of benzene rings is 1. The molecule has 3 aromatic heterocycles. The fourth-order valence-corrected chi connectivity index (χ4v) is 4.87. The van der Waals surface area contributed by atoms with Crippen molar-refractivity contribution >= 4 is 11.0 Å². The zero-order valence-corrected chi connectivity index (χ0v) is 21.5. The van der Waals surface area contributed by atoms with E-state index in [-0.39, 0.29) is 34.3 Å². The van der Waals surface area contributed by atoms with Gasteiger partial charge >= 0.3 is 6.18 Å². The molecule has 0 bridgehead atoms. The average Bonchev–Trinajstić information content (AvgIpc) is 2.93. The molecule has 1 saturated heterocycles. The van der Waals surface area contributed by atoms with Crippen LogP contribution in [0.15, 0.2) is 41.3 Å². The lowest BCUT2D eigenvalue weighted by Crippen LogP contribution is -2.30. The van der Waals surface area contributed by atoms with Gasteiger partial charge in [0.15, 0.2) is 5.52 Å². The highest BCUT2D eigenvalue weighted by Gasteiger charge is 2.38. The van der Waals surface area contributed by atoms with Crippen molar-refractivity contribution in [3.8, 4) is 23.2 Å². The van der Waals surface area contributed by atoms with Gasteiger partial charge in [-0.05, 0) is 49.6 Å². The molecule has 9 nitrogen and oxygen atoms in total. The Morgan fingerprint density at radius 3 is 2.58 bits per heavy atom. The first-order valence-corrected chi connectivity index (χ1v) is 12.2. The highest BCUT2D eigenvalue weighted by molar-refractivity contribution is 5.88. The molecule has 206 valence electrons. The van der Waals surface area contributed by atoms with E-state index < -0.39 is 40.9 Å². The van der Waals surface area contributed by atoms with E-state index in [9.17, 15) is 18.0 Å². The number of pyridine rings is 1. The number of aromatic nitrogens is 5. The largest absolute Gasteiger partial charge is 0.481 e. The molecule has 13 heteroatoms. The van der Waals surface area contributed by atoms with Gasteiger partial charge in [-0.3, -0.25) is 9.36 Å². The van der Waals surface area contributed by atoms with Crippen LogP contribution >= 0.6 is 0 Å². The number of hydrogen-bond acceptors (Lipinski definition) is 8. The third-order valence-electron chi connectivity index (χ3n) is 6.77. The van der Waals surface area contributed by atoms with Gasteiger partial charge in [-0.25, -0.2) is 24.3 Å². The molecule has 1 aliphatic heterocycles. The fourth-order valence-electron chi connectivity index (χ4n) is 4.87. The number of ether oxygens (including phenoxy) is 2. The van der Waals surface area contributed by atoms with Crippen LogP contribution in [0.3, 0.4) is 0 Å². The Morgan fingerprint density at radius 2 is 1.90 bits per heavy atom. The van der Waals surface area contributed by atoms with Gasteiger partial charge in [-0.15, -0.1) is 0 Å². The predicted octanol–water partition coefficient (Wildman–Crippen LogP) is 4.85. The van der Waals surface area contributed by atoms with Crippen molar-refractivity contribution in [3.05, 3.63) is 75.5 Å². The van der Waals surface area contributed by atoms with Crippen LogP contribution in [0.25, 0.3) is 22.3 Å². The number of rotatable bonds is 4. The van der Waals surface area contributed by atoms with Crippen molar-refractivity contribution < 1.29 is 27.0 Å². The summed E-state index contributed by atoms with van der Waals surface area (Å²) in [5.74, 6) is -2.23. The number of alkyl halides is 3. The summed E-state index contributed by atoms with van der Waals surface area (Å²) < 4.78 is 68.1. The summed E-state index contributed by atoms with van der Waals surface area (Å²) in [5.41, 5.74) is -1.60. The van der Waals surface area contributed by atoms with Crippen LogP contribution in [0.4, 0.5) is 17.6 Å². The molecule has 0 N–H and O–H groups in total. The van der Waals surface area contributed by atoms with Gasteiger partial charge < -0.3 is 9.47 Å². The van der Waals surface area contributed by atoms with Gasteiger partial charge in [0.25, 0.3) is 5.56 Å². The van der Waals surface area contributed by atoms with Gasteiger partial charge in [0.1, 0.15) is 22.9 Å². The van der Waals surface area contributed by atoms with E-state index >= 15 is 4.39 Å². The molecule has 1 aromatic carbocycles. The summed E-state index contributed by atoms with van der Waals surface area (Å²) in [6, 6.07) is 8.79. The molecular weight excluding hydrogens is 532 g/mol. The molecule has 40 heavy (non-hydrogen) atoms. The molecule has 1 aliphatic rings. The third kappa shape index (κ3) is 4.98. The average molecular weight is 555 g/mol. The molecule has 4 aromatic rings. The monoisotopic (exact) mass is 554 g/mol. The molecule has 0 aliphatic carbocycles. The van der Waals surface area contributed by atoms with Crippen molar-refractivity contribution in [1.82, 2.24) is 24.5 Å². The minimum Gasteiger partial charge on any atom is -0.481 e. The van der Waals surface area contributed by atoms with Crippen molar-refractivity contribution in [2.75, 3.05) is 7.11 Å². The Kier molecular flexibility index (Phi) is 6.97. The molecule has 0 amide bonds. The van der Waals surface area contributed by atoms with E-state index in [4.69, 9.17) is 14.7 Å². The maximum absolute atomic E-state index is 15.2. The molecule has 3 atom stereocenters. The van der Waals surface area contributed by atoms with Crippen molar-refractivity contribution in [2.24, 2.45) is 7.05 Å². The van der Waals surface area contributed by atoms with Gasteiger partial charge in [0.2, 0.25) is 11.7 Å². The number of nitriles is 1. The van der Waals surface area contributed by atoms with Crippen molar-refractivity contribution in [2.45, 2.75) is 44.1 Å². The molecule has 0 spiro atoms. The van der Waals surface area contributed by atoms with E-state index in [1.807, 2.05) is 13.0 Å². The van der Waals surface area contributed by atoms with Crippen LogP contribution in [-0.2, 0) is 18.0 Å². The number of nitrogens with zero attached hydrogens (tertiary/aromatic N) is 6. The number of methoxy groups -OCH3 is 1. The van der Waals surface area contributed by atoms with E-state index in [0.29, 0.717) is 23.3 Å². The van der Waals surface area contributed by atoms with Crippen LogP contribution < -0.4 is 10.3 Å². The third-order valence-corrected chi connectivity index (χ3v) is 6.77. The Hall–Kier alpha value is -4.44. The molecule has 0 saturated carbocycles. The summed E-state index contributed by atoms with van der Waals surface area (Å²) in [5, 5.41) is 9.13. The van der Waals surface area contributed by atoms with E-state index in [1.54, 1.807) is 18.3 Å². The maximum atomic E-state index is 15.2. The van der Waals surface area contributed by atoms with Crippen molar-refractivity contribution in [3.63, 3.8) is 0 Å². The Bertz CT molecular complexity index is 1720. The lowest BCUT2D eigenvalue weighted by molar-refractivity contribution is -0.147. The summed E-state index contributed by atoms with van der Waals surface area (Å²) in [6.45, 7) is 1.86. The summed E-state index contributed by atoms with van der Waals surface area (Å²) in [7, 11) is 2.44. The van der Waals surface area contributed by atoms with Crippen molar-refractivity contribution in [1.29, 1.82) is 5.26 Å². The number of halogens is 4. The Morgan fingerprint density at radius 1 is 1.12 bits per heavy atom. The first-order valence-electron chi connectivity index (χ1n) is 12.2. The van der Waals surface area contributed by atoms with Crippen LogP contribution in [0.2, 0.25) is 0 Å². The molecule has 4 heterocycles. The molecule has 1 fully saturated rings. The normalized spacial score (nSPS) is 19.4. The van der Waals surface area contributed by atoms with Crippen LogP contribution in [-0.4, -0.2) is 37.7 Å². The standard InChI is InChI=1S/C27H22F4N6O3/c1-13-8-16(10-19(40-13)15-6-7-33-20(11-15)39-3)24-34-21(17-5-4-14(12-32)9-18(17)28)22-23(35-24)25(38)37(2)26(36-22)27(29,30)31/h4-7,9,11,13,16,19H,8,10H2,1-3H3/t13-,16-,19-/m0/s1. The smallest absolute Gasteiger partial charge is 0.449 e. The first kappa shape index (κ1) is 27.1. The summed E-state index contributed by atoms with van der Waals surface area (Å²) in [4.78, 5) is 29.8. The van der Waals surface area contributed by atoms with Crippen LogP contribution in [0, 0.1) is 17.1 Å². The quantitative estimate of drug-likeness (QED) is 0.329. The van der Waals surface area contributed by atoms with Gasteiger partial charge in [0, 0.05) is 30.8 Å². The van der Waals surface area contributed by atoms with Gasteiger partial charge in [-0.2, -0.15) is 18.4 Å². The highest BCUT2D eigenvalue weighted by atomic mass is 19.4. The second-order valence-corrected chi connectivity index (χ2v) is 9.47. The second kappa shape index (κ2) is 10.3. The minimum absolute atomic E-state index is 0.00793. The predicted molar refractivity (Wildman–Crippen MR) is 134 cm³/mol. The SMILES string of the molecule is COc1cc([C@@H]2C[C@@H](c3nc(-c4ccc(C#N)cc4F)c4nc(C(F)(F)F)n(C)c(=O)c4n3)C[C@H](C)O2)ccn1. The topological polar surface area (TPSA) is 116 Å². The van der Waals surface area contributed by atoms with E-state index in [0.717, 1.165) is 18.7 Å². The second-order valence-electron chi connectivity index (χ2n) is 9.47. The zero-order valence-electron chi connectivity index (χ0n) is 21.5. The Balaban J connectivity index is 1.71. The van der Waals surface area contributed by atoms with E-state index in [1.165, 1.54) is 19.2 Å². The van der Waals surface area contributed by atoms with Gasteiger partial charge in [0.05, 0.1) is 31.0 Å². The number of fused-ring (bicyclic) bond motifs is 1. The zero-order chi connectivity index (χ0) is 28.8. The molecule has 0 radical (unpaired) electrons. The molecular formula is C27H22F4N6O3. The minimum atomic E-state index is -4.96. The number of hydrogen-bond donors (Lipinski definition) is 0. The fraction of sp³-hybridized carbons (Fsp3) is 0.333. The van der Waals surface area contributed by atoms with Gasteiger partial charge in [-0.1, -0.05) is 0 Å². The molecule has 0 unspecified atom stereocenters. The molecule has 5 rings (SSSR count). The Labute approximate surface area is 225 Å². The summed E-state index contributed by atoms with van der Waals surface area (Å²) >= 11 is 0.